The van der Waals surface area contributed by atoms with Crippen molar-refractivity contribution in [3.63, 3.8) is 0 Å². The maximum atomic E-state index is 13.6. The molecule has 0 saturated carbocycles. The van der Waals surface area contributed by atoms with Crippen molar-refractivity contribution in [1.82, 2.24) is 9.97 Å². The van der Waals surface area contributed by atoms with E-state index in [2.05, 4.69) is 15.3 Å². The monoisotopic (exact) mass is 489 g/mol. The van der Waals surface area contributed by atoms with Crippen molar-refractivity contribution < 1.29 is 37.0 Å². The Morgan fingerprint density at radius 1 is 1.30 bits per heavy atom. The third kappa shape index (κ3) is 6.49. The molecule has 0 fully saturated rings. The molecule has 1 aromatic carbocycles. The molecule has 3 aromatic rings. The van der Waals surface area contributed by atoms with E-state index in [1.807, 2.05) is 0 Å². The molecule has 178 valence electrons. The van der Waals surface area contributed by atoms with Crippen LogP contribution >= 0.6 is 11.3 Å². The molecule has 6 N–H and O–H groups in total. The fraction of sp³-hybridized carbons (Fsp3) is 0.263. The molecule has 9 nitrogen and oxygen atoms in total. The molecule has 0 aliphatic carbocycles. The van der Waals surface area contributed by atoms with Crippen molar-refractivity contribution in [3.05, 3.63) is 40.8 Å². The molecule has 0 radical (unpaired) electrons. The Morgan fingerprint density at radius 2 is 1.94 bits per heavy atom. The van der Waals surface area contributed by atoms with Gasteiger partial charge in [-0.05, 0) is 31.5 Å². The number of hydrogen-bond acceptors (Lipinski definition) is 8. The predicted molar refractivity (Wildman–Crippen MR) is 113 cm³/mol. The van der Waals surface area contributed by atoms with Crippen LogP contribution in [-0.4, -0.2) is 45.8 Å². The van der Waals surface area contributed by atoms with E-state index in [1.165, 1.54) is 29.8 Å². The Labute approximate surface area is 188 Å². The highest BCUT2D eigenvalue weighted by atomic mass is 32.1. The van der Waals surface area contributed by atoms with Gasteiger partial charge in [0.1, 0.15) is 34.6 Å². The van der Waals surface area contributed by atoms with Crippen LogP contribution in [-0.2, 0) is 4.79 Å². The van der Waals surface area contributed by atoms with E-state index in [9.17, 15) is 22.4 Å². The van der Waals surface area contributed by atoms with Gasteiger partial charge in [0.25, 0.3) is 5.91 Å². The third-order valence-electron chi connectivity index (χ3n) is 4.05. The van der Waals surface area contributed by atoms with Crippen LogP contribution in [0.5, 0.6) is 5.75 Å². The second kappa shape index (κ2) is 10.4. The number of benzene rings is 1. The number of anilines is 2. The van der Waals surface area contributed by atoms with Gasteiger partial charge in [0.2, 0.25) is 0 Å². The number of aryl methyl sites for hydroxylation is 1. The van der Waals surface area contributed by atoms with Crippen LogP contribution in [0.3, 0.4) is 0 Å². The number of aliphatic carboxylic acids is 1. The van der Waals surface area contributed by atoms with E-state index in [4.69, 9.17) is 26.1 Å². The number of ether oxygens (including phenoxy) is 1. The van der Waals surface area contributed by atoms with Crippen LogP contribution < -0.4 is 21.5 Å². The second-order valence-corrected chi connectivity index (χ2v) is 7.55. The Bertz CT molecular complexity index is 1170. The number of nitrogens with zero attached hydrogens (tertiary/aromatic N) is 2. The van der Waals surface area contributed by atoms with Gasteiger partial charge in [-0.25, -0.2) is 19.2 Å². The largest absolute Gasteiger partial charge is 0.490 e. The molecule has 2 aromatic heterocycles. The minimum atomic E-state index is -5.08. The molecule has 33 heavy (non-hydrogen) atoms. The molecule has 0 bridgehead atoms. The number of fused-ring (bicyclic) bond motifs is 1. The number of carboxylic acid groups (broad SMARTS) is 1. The number of aromatic nitrogens is 2. The zero-order chi connectivity index (χ0) is 24.9. The maximum absolute atomic E-state index is 13.6. The van der Waals surface area contributed by atoms with Crippen molar-refractivity contribution in [3.8, 4) is 5.75 Å². The number of carbonyl (C=O) groups is 2. The highest BCUT2D eigenvalue weighted by molar-refractivity contribution is 7.20. The predicted octanol–water partition coefficient (Wildman–Crippen LogP) is 3.34. The topological polar surface area (TPSA) is 153 Å². The van der Waals surface area contributed by atoms with E-state index >= 15 is 0 Å². The lowest BCUT2D eigenvalue weighted by Crippen LogP contribution is -2.23. The summed E-state index contributed by atoms with van der Waals surface area (Å²) in [5.41, 5.74) is 12.2. The lowest BCUT2D eigenvalue weighted by molar-refractivity contribution is -0.192. The van der Waals surface area contributed by atoms with Crippen molar-refractivity contribution in [2.45, 2.75) is 26.1 Å². The SMILES string of the molecule is Cc1c(C(N)=O)sc2ncnc(Nc3ccc(F)cc3OC(C)CN)c12.O=C(O)C(F)(F)F. The lowest BCUT2D eigenvalue weighted by atomic mass is 10.2. The molecule has 1 atom stereocenters. The van der Waals surface area contributed by atoms with Gasteiger partial charge in [-0.15, -0.1) is 11.3 Å². The van der Waals surface area contributed by atoms with Crippen molar-refractivity contribution >= 4 is 44.9 Å². The van der Waals surface area contributed by atoms with E-state index in [1.54, 1.807) is 19.9 Å². The molecular weight excluding hydrogens is 470 g/mol. The average Bonchev–Trinajstić information content (AvgIpc) is 3.07. The highest BCUT2D eigenvalue weighted by Gasteiger charge is 2.38. The molecule has 1 amide bonds. The Morgan fingerprint density at radius 3 is 2.48 bits per heavy atom. The number of amides is 1. The summed E-state index contributed by atoms with van der Waals surface area (Å²) in [5.74, 6) is -2.90. The van der Waals surface area contributed by atoms with Gasteiger partial charge >= 0.3 is 12.1 Å². The van der Waals surface area contributed by atoms with Crippen LogP contribution in [0.25, 0.3) is 10.2 Å². The number of nitrogens with two attached hydrogens (primary N) is 2. The van der Waals surface area contributed by atoms with Gasteiger partial charge in [-0.1, -0.05) is 0 Å². The number of rotatable bonds is 6. The fourth-order valence-electron chi connectivity index (χ4n) is 2.49. The van der Waals surface area contributed by atoms with Gasteiger partial charge in [-0.3, -0.25) is 4.79 Å². The summed E-state index contributed by atoms with van der Waals surface area (Å²) in [4.78, 5) is 30.0. The summed E-state index contributed by atoms with van der Waals surface area (Å²) in [7, 11) is 0. The van der Waals surface area contributed by atoms with Crippen molar-refractivity contribution in [1.29, 1.82) is 0 Å². The molecule has 1 unspecified atom stereocenters. The molecule has 0 aliphatic heterocycles. The molecule has 3 rings (SSSR count). The lowest BCUT2D eigenvalue weighted by Gasteiger charge is -2.17. The first kappa shape index (κ1) is 25.7. The Balaban J connectivity index is 0.000000479. The highest BCUT2D eigenvalue weighted by Crippen LogP contribution is 2.36. The summed E-state index contributed by atoms with van der Waals surface area (Å²) >= 11 is 1.20. The minimum Gasteiger partial charge on any atom is -0.487 e. The zero-order valence-corrected chi connectivity index (χ0v) is 18.1. The van der Waals surface area contributed by atoms with Crippen molar-refractivity contribution in [2.75, 3.05) is 11.9 Å². The quantitative estimate of drug-likeness (QED) is 0.385. The smallest absolute Gasteiger partial charge is 0.487 e. The van der Waals surface area contributed by atoms with Crippen LogP contribution in [0.15, 0.2) is 24.5 Å². The number of alkyl halides is 3. The van der Waals surface area contributed by atoms with Crippen LogP contribution in [0.1, 0.15) is 22.2 Å². The Kier molecular flexibility index (Phi) is 8.11. The molecule has 2 heterocycles. The van der Waals surface area contributed by atoms with Crippen LogP contribution in [0.2, 0.25) is 0 Å². The first-order valence-corrected chi connectivity index (χ1v) is 9.94. The first-order chi connectivity index (χ1) is 15.3. The van der Waals surface area contributed by atoms with Crippen LogP contribution in [0.4, 0.5) is 29.1 Å². The van der Waals surface area contributed by atoms with Crippen LogP contribution in [0, 0.1) is 12.7 Å². The van der Waals surface area contributed by atoms with Gasteiger partial charge in [0.15, 0.2) is 0 Å². The molecule has 0 saturated heterocycles. The number of nitrogens with one attached hydrogen (secondary N) is 1. The number of hydrogen-bond donors (Lipinski definition) is 4. The summed E-state index contributed by atoms with van der Waals surface area (Å²) in [6, 6.07) is 4.15. The van der Waals surface area contributed by atoms with Gasteiger partial charge < -0.3 is 26.6 Å². The number of thiophene rings is 1. The first-order valence-electron chi connectivity index (χ1n) is 9.12. The normalized spacial score (nSPS) is 12.0. The van der Waals surface area contributed by atoms with E-state index < -0.39 is 23.9 Å². The Hall–Kier alpha value is -3.52. The molecule has 0 aliphatic rings. The summed E-state index contributed by atoms with van der Waals surface area (Å²) in [6.45, 7) is 3.87. The summed E-state index contributed by atoms with van der Waals surface area (Å²) < 4.78 is 51.1. The van der Waals surface area contributed by atoms with E-state index in [-0.39, 0.29) is 6.10 Å². The van der Waals surface area contributed by atoms with E-state index in [0.29, 0.717) is 44.5 Å². The zero-order valence-electron chi connectivity index (χ0n) is 17.2. The molecule has 0 spiro atoms. The van der Waals surface area contributed by atoms with E-state index in [0.717, 1.165) is 0 Å². The minimum absolute atomic E-state index is 0.285. The summed E-state index contributed by atoms with van der Waals surface area (Å²) in [6.07, 6.45) is -3.98. The second-order valence-electron chi connectivity index (χ2n) is 6.56. The standard InChI is InChI=1S/C17H18FN5O2S.C2HF3O2/c1-8(6-19)25-12-5-10(18)3-4-11(12)23-16-13-9(2)14(15(20)24)26-17(13)22-7-21-16;3-2(4,5)1(6)7/h3-5,7-8H,6,19H2,1-2H3,(H2,20,24)(H,21,22,23);(H,6,7). The van der Waals surface area contributed by atoms with Gasteiger partial charge in [0, 0.05) is 12.6 Å². The number of carbonyl (C=O) groups excluding carboxylic acids is 1. The average molecular weight is 489 g/mol. The third-order valence-corrected chi connectivity index (χ3v) is 5.26. The molecular formula is C19H19F4N5O4S. The van der Waals surface area contributed by atoms with Crippen molar-refractivity contribution in [2.24, 2.45) is 11.5 Å². The molecule has 14 heteroatoms. The maximum Gasteiger partial charge on any atom is 0.490 e. The summed E-state index contributed by atoms with van der Waals surface area (Å²) in [5, 5.41) is 10.9. The van der Waals surface area contributed by atoms with Gasteiger partial charge in [-0.2, -0.15) is 13.2 Å². The van der Waals surface area contributed by atoms with Gasteiger partial charge in [0.05, 0.1) is 16.0 Å². The fourth-order valence-corrected chi connectivity index (χ4v) is 3.49. The number of primary amides is 1. The number of halogens is 4. The number of carboxylic acids is 1.